The molecule has 1 heterocycles. The Labute approximate surface area is 92.9 Å². The van der Waals surface area contributed by atoms with Gasteiger partial charge in [0.1, 0.15) is 0 Å². The fourth-order valence-corrected chi connectivity index (χ4v) is 1.62. The van der Waals surface area contributed by atoms with Gasteiger partial charge in [0.15, 0.2) is 0 Å². The van der Waals surface area contributed by atoms with Crippen LogP contribution in [0.3, 0.4) is 0 Å². The number of fused-ring (bicyclic) bond motifs is 1. The number of hydrogen-bond donors (Lipinski definition) is 2. The minimum atomic E-state index is -0.908. The third kappa shape index (κ3) is 2.06. The van der Waals surface area contributed by atoms with Crippen LogP contribution in [0.15, 0.2) is 24.3 Å². The molecule has 16 heavy (non-hydrogen) atoms. The van der Waals surface area contributed by atoms with Crippen LogP contribution in [-0.2, 0) is 11.3 Å². The smallest absolute Gasteiger partial charge is 0.335 e. The summed E-state index contributed by atoms with van der Waals surface area (Å²) in [4.78, 5) is 14.0. The highest BCUT2D eigenvalue weighted by molar-refractivity contribution is 5.93. The van der Waals surface area contributed by atoms with Crippen LogP contribution in [0.25, 0.3) is 10.9 Å². The first kappa shape index (κ1) is 10.7. The molecule has 2 N–H and O–H groups in total. The number of aromatic nitrogens is 1. The molecule has 0 spiro atoms. The van der Waals surface area contributed by atoms with Gasteiger partial charge in [-0.3, -0.25) is 0 Å². The van der Waals surface area contributed by atoms with Gasteiger partial charge in [-0.2, -0.15) is 0 Å². The second-order valence-electron chi connectivity index (χ2n) is 3.54. The zero-order chi connectivity index (χ0) is 11.5. The predicted molar refractivity (Wildman–Crippen MR) is 60.6 cm³/mol. The summed E-state index contributed by atoms with van der Waals surface area (Å²) in [5.74, 6) is -0.908. The lowest BCUT2D eigenvalue weighted by Crippen LogP contribution is -1.94. The highest BCUT2D eigenvalue weighted by Crippen LogP contribution is 2.17. The summed E-state index contributed by atoms with van der Waals surface area (Å²) in [6.45, 7) is 3.12. The van der Waals surface area contributed by atoms with E-state index in [1.54, 1.807) is 18.2 Å². The van der Waals surface area contributed by atoms with Crippen LogP contribution in [0.1, 0.15) is 23.0 Å². The highest BCUT2D eigenvalue weighted by atomic mass is 16.5. The molecule has 0 saturated carbocycles. The maximum Gasteiger partial charge on any atom is 0.335 e. The second-order valence-corrected chi connectivity index (χ2v) is 3.54. The minimum Gasteiger partial charge on any atom is -0.478 e. The van der Waals surface area contributed by atoms with E-state index in [0.29, 0.717) is 18.8 Å². The Morgan fingerprint density at radius 3 is 2.94 bits per heavy atom. The Morgan fingerprint density at radius 1 is 1.44 bits per heavy atom. The number of ether oxygens (including phenoxy) is 1. The Balaban J connectivity index is 2.34. The van der Waals surface area contributed by atoms with Crippen molar-refractivity contribution >= 4 is 16.9 Å². The summed E-state index contributed by atoms with van der Waals surface area (Å²) in [6.07, 6.45) is 0. The summed E-state index contributed by atoms with van der Waals surface area (Å²) in [5.41, 5.74) is 2.19. The molecule has 84 valence electrons. The van der Waals surface area contributed by atoms with Crippen molar-refractivity contribution in [1.82, 2.24) is 4.98 Å². The van der Waals surface area contributed by atoms with Crippen molar-refractivity contribution in [2.24, 2.45) is 0 Å². The first-order chi connectivity index (χ1) is 7.70. The van der Waals surface area contributed by atoms with Crippen molar-refractivity contribution in [3.05, 3.63) is 35.5 Å². The number of aromatic amines is 1. The zero-order valence-corrected chi connectivity index (χ0v) is 8.99. The van der Waals surface area contributed by atoms with Gasteiger partial charge in [0.2, 0.25) is 0 Å². The van der Waals surface area contributed by atoms with Gasteiger partial charge in [0.05, 0.1) is 12.2 Å². The number of benzene rings is 1. The maximum absolute atomic E-state index is 10.8. The summed E-state index contributed by atoms with van der Waals surface area (Å²) in [6, 6.07) is 6.93. The third-order valence-corrected chi connectivity index (χ3v) is 2.39. The molecule has 0 aliphatic rings. The summed E-state index contributed by atoms with van der Waals surface area (Å²) < 4.78 is 5.28. The first-order valence-electron chi connectivity index (χ1n) is 5.13. The average molecular weight is 219 g/mol. The standard InChI is InChI=1S/C12H13NO3/c1-2-16-7-10-6-9-5-8(12(14)15)3-4-11(9)13-10/h3-6,13H,2,7H2,1H3,(H,14,15). The molecule has 0 amide bonds. The van der Waals surface area contributed by atoms with Crippen molar-refractivity contribution < 1.29 is 14.6 Å². The number of carboxylic acid groups (broad SMARTS) is 1. The van der Waals surface area contributed by atoms with E-state index in [9.17, 15) is 4.79 Å². The van der Waals surface area contributed by atoms with E-state index < -0.39 is 5.97 Å². The highest BCUT2D eigenvalue weighted by Gasteiger charge is 2.05. The van der Waals surface area contributed by atoms with E-state index in [2.05, 4.69) is 4.98 Å². The lowest BCUT2D eigenvalue weighted by molar-refractivity contribution is 0.0697. The molecule has 0 saturated heterocycles. The molecule has 0 atom stereocenters. The largest absolute Gasteiger partial charge is 0.478 e. The molecule has 0 unspecified atom stereocenters. The predicted octanol–water partition coefficient (Wildman–Crippen LogP) is 2.40. The Bertz CT molecular complexity index is 516. The number of nitrogens with one attached hydrogen (secondary N) is 1. The van der Waals surface area contributed by atoms with Crippen LogP contribution in [0.2, 0.25) is 0 Å². The molecule has 4 heteroatoms. The number of carbonyl (C=O) groups is 1. The summed E-state index contributed by atoms with van der Waals surface area (Å²) >= 11 is 0. The van der Waals surface area contributed by atoms with E-state index in [1.165, 1.54) is 0 Å². The zero-order valence-electron chi connectivity index (χ0n) is 8.99. The molecular formula is C12H13NO3. The quantitative estimate of drug-likeness (QED) is 0.830. The Kier molecular flexibility index (Phi) is 2.92. The monoisotopic (exact) mass is 219 g/mol. The van der Waals surface area contributed by atoms with Gasteiger partial charge in [-0.15, -0.1) is 0 Å². The SMILES string of the molecule is CCOCc1cc2cc(C(=O)O)ccc2[nH]1. The van der Waals surface area contributed by atoms with Crippen LogP contribution in [-0.4, -0.2) is 22.7 Å². The molecule has 0 radical (unpaired) electrons. The molecule has 1 aromatic heterocycles. The molecule has 0 aliphatic heterocycles. The summed E-state index contributed by atoms with van der Waals surface area (Å²) in [7, 11) is 0. The number of rotatable bonds is 4. The number of carboxylic acids is 1. The first-order valence-corrected chi connectivity index (χ1v) is 5.13. The molecule has 0 bridgehead atoms. The van der Waals surface area contributed by atoms with E-state index in [4.69, 9.17) is 9.84 Å². The molecule has 2 aromatic rings. The average Bonchev–Trinajstić information content (AvgIpc) is 2.67. The van der Waals surface area contributed by atoms with Crippen LogP contribution < -0.4 is 0 Å². The number of hydrogen-bond acceptors (Lipinski definition) is 2. The van der Waals surface area contributed by atoms with E-state index in [1.807, 2.05) is 13.0 Å². The van der Waals surface area contributed by atoms with Crippen LogP contribution in [0.5, 0.6) is 0 Å². The van der Waals surface area contributed by atoms with Gasteiger partial charge < -0.3 is 14.8 Å². The number of H-pyrrole nitrogens is 1. The molecule has 0 aliphatic carbocycles. The molecular weight excluding hydrogens is 206 g/mol. The Morgan fingerprint density at radius 2 is 2.25 bits per heavy atom. The third-order valence-electron chi connectivity index (χ3n) is 2.39. The van der Waals surface area contributed by atoms with Gasteiger partial charge in [-0.1, -0.05) is 0 Å². The fourth-order valence-electron chi connectivity index (χ4n) is 1.62. The van der Waals surface area contributed by atoms with Crippen LogP contribution in [0, 0.1) is 0 Å². The van der Waals surface area contributed by atoms with Crippen molar-refractivity contribution in [3.63, 3.8) is 0 Å². The lowest BCUT2D eigenvalue weighted by Gasteiger charge is -1.95. The van der Waals surface area contributed by atoms with Gasteiger partial charge in [0.25, 0.3) is 0 Å². The Hall–Kier alpha value is -1.81. The molecule has 4 nitrogen and oxygen atoms in total. The van der Waals surface area contributed by atoms with Crippen molar-refractivity contribution in [3.8, 4) is 0 Å². The fraction of sp³-hybridized carbons (Fsp3) is 0.250. The second kappa shape index (κ2) is 4.37. The molecule has 2 rings (SSSR count). The van der Waals surface area contributed by atoms with E-state index in [0.717, 1.165) is 16.6 Å². The van der Waals surface area contributed by atoms with Gasteiger partial charge >= 0.3 is 5.97 Å². The van der Waals surface area contributed by atoms with Crippen molar-refractivity contribution in [2.75, 3.05) is 6.61 Å². The minimum absolute atomic E-state index is 0.300. The maximum atomic E-state index is 10.8. The van der Waals surface area contributed by atoms with Crippen LogP contribution in [0.4, 0.5) is 0 Å². The normalized spacial score (nSPS) is 10.8. The van der Waals surface area contributed by atoms with Gasteiger partial charge in [-0.25, -0.2) is 4.79 Å². The lowest BCUT2D eigenvalue weighted by atomic mass is 10.1. The van der Waals surface area contributed by atoms with Crippen LogP contribution >= 0.6 is 0 Å². The van der Waals surface area contributed by atoms with E-state index >= 15 is 0 Å². The topological polar surface area (TPSA) is 62.3 Å². The van der Waals surface area contributed by atoms with E-state index in [-0.39, 0.29) is 0 Å². The summed E-state index contributed by atoms with van der Waals surface area (Å²) in [5, 5.41) is 9.76. The number of aromatic carboxylic acids is 1. The van der Waals surface area contributed by atoms with Gasteiger partial charge in [0, 0.05) is 23.2 Å². The van der Waals surface area contributed by atoms with Crippen molar-refractivity contribution in [1.29, 1.82) is 0 Å². The van der Waals surface area contributed by atoms with Crippen molar-refractivity contribution in [2.45, 2.75) is 13.5 Å². The molecule has 1 aromatic carbocycles. The van der Waals surface area contributed by atoms with Gasteiger partial charge in [-0.05, 0) is 31.2 Å². The molecule has 0 fully saturated rings.